The second-order valence-corrected chi connectivity index (χ2v) is 5.65. The van der Waals surface area contributed by atoms with Gasteiger partial charge in [0.15, 0.2) is 0 Å². The van der Waals surface area contributed by atoms with Gasteiger partial charge in [-0.3, -0.25) is 19.8 Å². The van der Waals surface area contributed by atoms with E-state index in [1.165, 1.54) is 0 Å². The zero-order valence-corrected chi connectivity index (χ0v) is 12.0. The number of β-amino-alcohol motifs (C(OH)–C–C–N with tert-alkyl or cyclic N) is 1. The molecule has 21 heavy (non-hydrogen) atoms. The Hall–Kier alpha value is -2.12. The normalized spacial score (nSPS) is 22.4. The van der Waals surface area contributed by atoms with Gasteiger partial charge < -0.3 is 14.9 Å². The Balaban J connectivity index is 1.87. The van der Waals surface area contributed by atoms with Gasteiger partial charge in [0.25, 0.3) is 11.5 Å². The predicted octanol–water partition coefficient (Wildman–Crippen LogP) is -0.397. The van der Waals surface area contributed by atoms with E-state index in [4.69, 9.17) is 0 Å². The molecule has 0 saturated carbocycles. The summed E-state index contributed by atoms with van der Waals surface area (Å²) in [5, 5.41) is 15.7. The summed E-state index contributed by atoms with van der Waals surface area (Å²) in [6.07, 6.45) is -0.552. The number of fused-ring (bicyclic) bond motifs is 1. The van der Waals surface area contributed by atoms with Crippen molar-refractivity contribution in [2.24, 2.45) is 0 Å². The Morgan fingerprint density at radius 1 is 1.33 bits per heavy atom. The van der Waals surface area contributed by atoms with Crippen LogP contribution in [0.15, 0.2) is 23.0 Å². The number of hydrogen-bond acceptors (Lipinski definition) is 4. The SMILES string of the molecule is CN(C)[C@H]1CN(C(=O)c2ccc3[nH][nH]c(=O)c3c2)C[C@@H]1O. The van der Waals surface area contributed by atoms with Gasteiger partial charge in [-0.05, 0) is 32.3 Å². The van der Waals surface area contributed by atoms with Gasteiger partial charge in [0.2, 0.25) is 0 Å². The van der Waals surface area contributed by atoms with Crippen molar-refractivity contribution in [3.05, 3.63) is 34.1 Å². The Labute approximate surface area is 121 Å². The molecule has 1 aliphatic rings. The van der Waals surface area contributed by atoms with E-state index in [1.54, 1.807) is 23.1 Å². The number of nitrogens with zero attached hydrogens (tertiary/aromatic N) is 2. The molecule has 2 aromatic rings. The van der Waals surface area contributed by atoms with Crippen molar-refractivity contribution in [2.75, 3.05) is 27.2 Å². The number of hydrogen-bond donors (Lipinski definition) is 3. The smallest absolute Gasteiger partial charge is 0.271 e. The topological polar surface area (TPSA) is 92.4 Å². The van der Waals surface area contributed by atoms with Crippen molar-refractivity contribution in [3.8, 4) is 0 Å². The number of aliphatic hydroxyl groups is 1. The Kier molecular flexibility index (Phi) is 3.30. The number of aromatic amines is 2. The molecule has 1 amide bonds. The zero-order chi connectivity index (χ0) is 15.1. The van der Waals surface area contributed by atoms with E-state index in [1.807, 2.05) is 19.0 Å². The summed E-state index contributed by atoms with van der Waals surface area (Å²) in [4.78, 5) is 27.7. The van der Waals surface area contributed by atoms with E-state index in [0.717, 1.165) is 0 Å². The molecular formula is C14H18N4O3. The lowest BCUT2D eigenvalue weighted by Gasteiger charge is -2.21. The first-order chi connectivity index (χ1) is 9.97. The van der Waals surface area contributed by atoms with E-state index >= 15 is 0 Å². The van der Waals surface area contributed by atoms with Gasteiger partial charge in [-0.15, -0.1) is 0 Å². The summed E-state index contributed by atoms with van der Waals surface area (Å²) in [7, 11) is 3.76. The minimum atomic E-state index is -0.552. The van der Waals surface area contributed by atoms with Crippen LogP contribution in [0.3, 0.4) is 0 Å². The maximum Gasteiger partial charge on any atom is 0.271 e. The summed E-state index contributed by atoms with van der Waals surface area (Å²) >= 11 is 0. The number of aliphatic hydroxyl groups excluding tert-OH is 1. The molecule has 1 aliphatic heterocycles. The molecule has 1 saturated heterocycles. The van der Waals surface area contributed by atoms with E-state index in [-0.39, 0.29) is 17.5 Å². The van der Waals surface area contributed by atoms with Crippen LogP contribution < -0.4 is 5.56 Å². The van der Waals surface area contributed by atoms with Crippen LogP contribution in [0.2, 0.25) is 0 Å². The minimum Gasteiger partial charge on any atom is -0.390 e. The summed E-state index contributed by atoms with van der Waals surface area (Å²) in [5.74, 6) is -0.166. The predicted molar refractivity (Wildman–Crippen MR) is 78.3 cm³/mol. The molecule has 3 rings (SSSR count). The average molecular weight is 290 g/mol. The first-order valence-electron chi connectivity index (χ1n) is 6.81. The first-order valence-corrected chi connectivity index (χ1v) is 6.81. The van der Waals surface area contributed by atoms with Crippen LogP contribution in [0.4, 0.5) is 0 Å². The van der Waals surface area contributed by atoms with Crippen LogP contribution >= 0.6 is 0 Å². The molecule has 1 aromatic heterocycles. The summed E-state index contributed by atoms with van der Waals surface area (Å²) < 4.78 is 0. The van der Waals surface area contributed by atoms with Gasteiger partial charge in [-0.25, -0.2) is 0 Å². The molecule has 0 bridgehead atoms. The maximum atomic E-state index is 12.5. The molecule has 0 spiro atoms. The molecule has 2 heterocycles. The number of carbonyl (C=O) groups is 1. The number of amides is 1. The number of likely N-dealkylation sites (N-methyl/N-ethyl adjacent to an activating group) is 1. The van der Waals surface area contributed by atoms with Crippen LogP contribution in [0.5, 0.6) is 0 Å². The molecule has 7 nitrogen and oxygen atoms in total. The van der Waals surface area contributed by atoms with Crippen molar-refractivity contribution in [3.63, 3.8) is 0 Å². The highest BCUT2D eigenvalue weighted by molar-refractivity contribution is 5.98. The van der Waals surface area contributed by atoms with Crippen molar-refractivity contribution < 1.29 is 9.90 Å². The van der Waals surface area contributed by atoms with E-state index in [9.17, 15) is 14.7 Å². The second-order valence-electron chi connectivity index (χ2n) is 5.65. The van der Waals surface area contributed by atoms with Gasteiger partial charge in [-0.2, -0.15) is 0 Å². The van der Waals surface area contributed by atoms with Crippen molar-refractivity contribution in [1.29, 1.82) is 0 Å². The quantitative estimate of drug-likeness (QED) is 0.702. The first kappa shape index (κ1) is 13.8. The highest BCUT2D eigenvalue weighted by Crippen LogP contribution is 2.18. The highest BCUT2D eigenvalue weighted by Gasteiger charge is 2.35. The summed E-state index contributed by atoms with van der Waals surface area (Å²) in [6, 6.07) is 4.91. The second kappa shape index (κ2) is 5.01. The Bertz CT molecular complexity index is 733. The Morgan fingerprint density at radius 3 is 2.76 bits per heavy atom. The molecular weight excluding hydrogens is 272 g/mol. The largest absolute Gasteiger partial charge is 0.390 e. The molecule has 0 radical (unpaired) electrons. The summed E-state index contributed by atoms with van der Waals surface area (Å²) in [6.45, 7) is 0.789. The average Bonchev–Trinajstić information content (AvgIpc) is 3.02. The number of likely N-dealkylation sites (tertiary alicyclic amines) is 1. The fourth-order valence-electron chi connectivity index (χ4n) is 2.79. The summed E-state index contributed by atoms with van der Waals surface area (Å²) in [5.41, 5.74) is 0.885. The Morgan fingerprint density at radius 2 is 2.10 bits per heavy atom. The molecule has 0 unspecified atom stereocenters. The lowest BCUT2D eigenvalue weighted by molar-refractivity contribution is 0.0764. The minimum absolute atomic E-state index is 0.0617. The monoisotopic (exact) mass is 290 g/mol. The molecule has 3 N–H and O–H groups in total. The molecule has 0 aliphatic carbocycles. The number of benzene rings is 1. The van der Waals surface area contributed by atoms with E-state index in [0.29, 0.717) is 29.6 Å². The lowest BCUT2D eigenvalue weighted by Crippen LogP contribution is -2.38. The van der Waals surface area contributed by atoms with E-state index < -0.39 is 6.10 Å². The fraction of sp³-hybridized carbons (Fsp3) is 0.429. The van der Waals surface area contributed by atoms with Crippen LogP contribution in [0.25, 0.3) is 10.9 Å². The molecule has 2 atom stereocenters. The van der Waals surface area contributed by atoms with Gasteiger partial charge in [0.1, 0.15) is 0 Å². The number of carbonyl (C=O) groups excluding carboxylic acids is 1. The third-order valence-electron chi connectivity index (χ3n) is 4.03. The molecule has 1 aromatic carbocycles. The van der Waals surface area contributed by atoms with Gasteiger partial charge in [0, 0.05) is 18.7 Å². The van der Waals surface area contributed by atoms with Crippen molar-refractivity contribution >= 4 is 16.8 Å². The zero-order valence-electron chi connectivity index (χ0n) is 12.0. The van der Waals surface area contributed by atoms with Gasteiger partial charge >= 0.3 is 0 Å². The van der Waals surface area contributed by atoms with Crippen LogP contribution in [0.1, 0.15) is 10.4 Å². The molecule has 7 heteroatoms. The third-order valence-corrected chi connectivity index (χ3v) is 4.03. The van der Waals surface area contributed by atoms with Crippen molar-refractivity contribution in [1.82, 2.24) is 20.0 Å². The standard InChI is InChI=1S/C14H18N4O3/c1-17(2)11-6-18(7-12(11)19)14(21)8-3-4-10-9(5-8)13(20)16-15-10/h3-5,11-12,19H,6-7H2,1-2H3,(H2,15,16,20)/t11-,12-/m0/s1. The highest BCUT2D eigenvalue weighted by atomic mass is 16.3. The van der Waals surface area contributed by atoms with Gasteiger partial charge in [-0.1, -0.05) is 0 Å². The van der Waals surface area contributed by atoms with Crippen molar-refractivity contribution in [2.45, 2.75) is 12.1 Å². The number of rotatable bonds is 2. The van der Waals surface area contributed by atoms with Gasteiger partial charge in [0.05, 0.1) is 23.0 Å². The molecule has 1 fully saturated rings. The number of aromatic nitrogens is 2. The van der Waals surface area contributed by atoms with Crippen LogP contribution in [-0.2, 0) is 0 Å². The number of H-pyrrole nitrogens is 2. The third kappa shape index (κ3) is 2.34. The maximum absolute atomic E-state index is 12.5. The molecule has 112 valence electrons. The van der Waals surface area contributed by atoms with Crippen LogP contribution in [-0.4, -0.2) is 70.3 Å². The fourth-order valence-corrected chi connectivity index (χ4v) is 2.79. The number of nitrogens with one attached hydrogen (secondary N) is 2. The van der Waals surface area contributed by atoms with Crippen LogP contribution in [0, 0.1) is 0 Å². The lowest BCUT2D eigenvalue weighted by atomic mass is 10.1. The van der Waals surface area contributed by atoms with E-state index in [2.05, 4.69) is 10.2 Å².